The molecular formula is C28H25Cl2NO4. The van der Waals surface area contributed by atoms with Crippen molar-refractivity contribution in [1.29, 1.82) is 5.26 Å². The SMILES string of the molecule is COc1cc(/C=C(\C#N)c2ccc(Cl)cc2)ccc1OC(=O)CCCOc1cc(C)c(Cl)c(C)c1. The van der Waals surface area contributed by atoms with Crippen LogP contribution in [0.4, 0.5) is 0 Å². The van der Waals surface area contributed by atoms with Gasteiger partial charge in [0.15, 0.2) is 11.5 Å². The van der Waals surface area contributed by atoms with Gasteiger partial charge in [-0.1, -0.05) is 41.4 Å². The van der Waals surface area contributed by atoms with E-state index in [9.17, 15) is 10.1 Å². The van der Waals surface area contributed by atoms with Crippen LogP contribution in [0.25, 0.3) is 11.6 Å². The van der Waals surface area contributed by atoms with Crippen molar-refractivity contribution < 1.29 is 19.0 Å². The largest absolute Gasteiger partial charge is 0.494 e. The summed E-state index contributed by atoms with van der Waals surface area (Å²) in [7, 11) is 1.49. The molecular weight excluding hydrogens is 485 g/mol. The Morgan fingerprint density at radius 1 is 1.00 bits per heavy atom. The van der Waals surface area contributed by atoms with Gasteiger partial charge in [-0.15, -0.1) is 0 Å². The molecule has 3 rings (SSSR count). The Balaban J connectivity index is 1.59. The molecule has 0 bridgehead atoms. The highest BCUT2D eigenvalue weighted by atomic mass is 35.5. The molecule has 0 spiro atoms. The fraction of sp³-hybridized carbons (Fsp3) is 0.214. The summed E-state index contributed by atoms with van der Waals surface area (Å²) in [5.41, 5.74) is 3.84. The van der Waals surface area contributed by atoms with E-state index in [1.807, 2.05) is 26.0 Å². The zero-order chi connectivity index (χ0) is 25.4. The van der Waals surface area contributed by atoms with Crippen molar-refractivity contribution in [1.82, 2.24) is 0 Å². The summed E-state index contributed by atoms with van der Waals surface area (Å²) in [6, 6.07) is 18.1. The predicted octanol–water partition coefficient (Wildman–Crippen LogP) is 7.45. The predicted molar refractivity (Wildman–Crippen MR) is 139 cm³/mol. The molecule has 0 amide bonds. The molecule has 0 atom stereocenters. The van der Waals surface area contributed by atoms with Gasteiger partial charge in [0.05, 0.1) is 25.4 Å². The lowest BCUT2D eigenvalue weighted by atomic mass is 10.0. The second-order valence-corrected chi connectivity index (χ2v) is 8.70. The molecule has 0 radical (unpaired) electrons. The number of carbonyl (C=O) groups is 1. The van der Waals surface area contributed by atoms with Crippen LogP contribution in [0.3, 0.4) is 0 Å². The van der Waals surface area contributed by atoms with Gasteiger partial charge in [-0.25, -0.2) is 0 Å². The summed E-state index contributed by atoms with van der Waals surface area (Å²) < 4.78 is 16.6. The number of methoxy groups -OCH3 is 1. The Hall–Kier alpha value is -3.46. The van der Waals surface area contributed by atoms with Crippen molar-refractivity contribution in [3.8, 4) is 23.3 Å². The van der Waals surface area contributed by atoms with Gasteiger partial charge >= 0.3 is 5.97 Å². The number of hydrogen-bond donors (Lipinski definition) is 0. The maximum atomic E-state index is 12.3. The van der Waals surface area contributed by atoms with Crippen molar-refractivity contribution in [2.24, 2.45) is 0 Å². The van der Waals surface area contributed by atoms with Crippen LogP contribution in [0.5, 0.6) is 17.2 Å². The first-order chi connectivity index (χ1) is 16.8. The maximum Gasteiger partial charge on any atom is 0.311 e. The molecule has 35 heavy (non-hydrogen) atoms. The molecule has 3 aromatic rings. The third-order valence-electron chi connectivity index (χ3n) is 5.20. The standard InChI is InChI=1S/C28H25Cl2NO4/c1-18-13-24(14-19(2)28(18)30)34-12-4-5-27(32)35-25-11-6-20(16-26(25)33-3)15-22(17-31)21-7-9-23(29)10-8-21/h6-11,13-16H,4-5,12H2,1-3H3/b22-15+. The van der Waals surface area contributed by atoms with E-state index in [4.69, 9.17) is 37.4 Å². The summed E-state index contributed by atoms with van der Waals surface area (Å²) in [4.78, 5) is 12.3. The Bertz CT molecular complexity index is 1250. The van der Waals surface area contributed by atoms with Gasteiger partial charge in [0.2, 0.25) is 0 Å². The molecule has 0 saturated heterocycles. The first-order valence-corrected chi connectivity index (χ1v) is 11.7. The molecule has 0 aliphatic carbocycles. The minimum absolute atomic E-state index is 0.186. The van der Waals surface area contributed by atoms with E-state index in [1.165, 1.54) is 7.11 Å². The first-order valence-electron chi connectivity index (χ1n) is 11.0. The lowest BCUT2D eigenvalue weighted by Gasteiger charge is -2.11. The number of allylic oxidation sites excluding steroid dienone is 1. The Morgan fingerprint density at radius 3 is 2.31 bits per heavy atom. The van der Waals surface area contributed by atoms with E-state index in [1.54, 1.807) is 48.5 Å². The number of carbonyl (C=O) groups excluding carboxylic acids is 1. The smallest absolute Gasteiger partial charge is 0.311 e. The number of nitrogens with zero attached hydrogens (tertiary/aromatic N) is 1. The minimum Gasteiger partial charge on any atom is -0.494 e. The molecule has 0 aromatic heterocycles. The van der Waals surface area contributed by atoms with Gasteiger partial charge < -0.3 is 14.2 Å². The molecule has 0 N–H and O–H groups in total. The number of esters is 1. The molecule has 180 valence electrons. The monoisotopic (exact) mass is 509 g/mol. The van der Waals surface area contributed by atoms with Gasteiger partial charge in [0.1, 0.15) is 5.75 Å². The van der Waals surface area contributed by atoms with Crippen molar-refractivity contribution in [2.75, 3.05) is 13.7 Å². The van der Waals surface area contributed by atoms with Crippen LogP contribution in [0.1, 0.15) is 35.1 Å². The van der Waals surface area contributed by atoms with E-state index < -0.39 is 5.97 Å². The van der Waals surface area contributed by atoms with Crippen molar-refractivity contribution in [3.63, 3.8) is 0 Å². The second kappa shape index (κ2) is 12.3. The van der Waals surface area contributed by atoms with Gasteiger partial charge in [-0.2, -0.15) is 5.26 Å². The summed E-state index contributed by atoms with van der Waals surface area (Å²) in [5.74, 6) is 1.03. The summed E-state index contributed by atoms with van der Waals surface area (Å²) in [6.45, 7) is 4.22. The molecule has 0 saturated carbocycles. The molecule has 0 aliphatic rings. The average molecular weight is 510 g/mol. The van der Waals surface area contributed by atoms with Crippen LogP contribution in [0.2, 0.25) is 10.0 Å². The average Bonchev–Trinajstić information content (AvgIpc) is 2.85. The topological polar surface area (TPSA) is 68.5 Å². The van der Waals surface area contributed by atoms with E-state index in [-0.39, 0.29) is 6.42 Å². The lowest BCUT2D eigenvalue weighted by molar-refractivity contribution is -0.134. The number of hydrogen-bond acceptors (Lipinski definition) is 5. The van der Waals surface area contributed by atoms with E-state index in [0.29, 0.717) is 35.1 Å². The van der Waals surface area contributed by atoms with Crippen LogP contribution in [0.15, 0.2) is 54.6 Å². The van der Waals surface area contributed by atoms with E-state index in [0.717, 1.165) is 33.0 Å². The lowest BCUT2D eigenvalue weighted by Crippen LogP contribution is -2.10. The zero-order valence-electron chi connectivity index (χ0n) is 19.7. The highest BCUT2D eigenvalue weighted by molar-refractivity contribution is 6.32. The van der Waals surface area contributed by atoms with Gasteiger partial charge in [-0.05, 0) is 85.0 Å². The van der Waals surface area contributed by atoms with E-state index in [2.05, 4.69) is 6.07 Å². The van der Waals surface area contributed by atoms with Crippen LogP contribution in [-0.4, -0.2) is 19.7 Å². The summed E-state index contributed by atoms with van der Waals surface area (Å²) in [6.07, 6.45) is 2.41. The first kappa shape index (κ1) is 26.2. The minimum atomic E-state index is -0.391. The van der Waals surface area contributed by atoms with Crippen LogP contribution >= 0.6 is 23.2 Å². The number of benzene rings is 3. The molecule has 0 aliphatic heterocycles. The highest BCUT2D eigenvalue weighted by Crippen LogP contribution is 2.31. The number of ether oxygens (including phenoxy) is 3. The Morgan fingerprint density at radius 2 is 1.69 bits per heavy atom. The second-order valence-electron chi connectivity index (χ2n) is 7.88. The van der Waals surface area contributed by atoms with Gasteiger partial charge in [0, 0.05) is 16.5 Å². The quantitative estimate of drug-likeness (QED) is 0.0984. The third-order valence-corrected chi connectivity index (χ3v) is 6.05. The molecule has 0 heterocycles. The van der Waals surface area contributed by atoms with Gasteiger partial charge in [-0.3, -0.25) is 4.79 Å². The van der Waals surface area contributed by atoms with Gasteiger partial charge in [0.25, 0.3) is 0 Å². The Labute approximate surface area is 215 Å². The van der Waals surface area contributed by atoms with Crippen molar-refractivity contribution in [3.05, 3.63) is 86.9 Å². The number of rotatable bonds is 9. The maximum absolute atomic E-state index is 12.3. The van der Waals surface area contributed by atoms with Crippen LogP contribution in [-0.2, 0) is 4.79 Å². The molecule has 3 aromatic carbocycles. The van der Waals surface area contributed by atoms with E-state index >= 15 is 0 Å². The third kappa shape index (κ3) is 7.26. The van der Waals surface area contributed by atoms with Crippen molar-refractivity contribution >= 4 is 40.8 Å². The molecule has 0 unspecified atom stereocenters. The van der Waals surface area contributed by atoms with Crippen LogP contribution < -0.4 is 14.2 Å². The Kier molecular flexibility index (Phi) is 9.19. The molecule has 7 heteroatoms. The zero-order valence-corrected chi connectivity index (χ0v) is 21.2. The van der Waals surface area contributed by atoms with Crippen LogP contribution in [0, 0.1) is 25.2 Å². The highest BCUT2D eigenvalue weighted by Gasteiger charge is 2.12. The number of aryl methyl sites for hydroxylation is 2. The number of halogens is 2. The summed E-state index contributed by atoms with van der Waals surface area (Å²) >= 11 is 12.1. The molecule has 5 nitrogen and oxygen atoms in total. The van der Waals surface area contributed by atoms with Crippen molar-refractivity contribution in [2.45, 2.75) is 26.7 Å². The molecule has 0 fully saturated rings. The number of nitriles is 1. The fourth-order valence-electron chi connectivity index (χ4n) is 3.40. The fourth-order valence-corrected chi connectivity index (χ4v) is 3.64. The normalized spacial score (nSPS) is 11.0. The summed E-state index contributed by atoms with van der Waals surface area (Å²) in [5, 5.41) is 10.9.